The van der Waals surface area contributed by atoms with Crippen molar-refractivity contribution in [2.45, 2.75) is 65.5 Å². The van der Waals surface area contributed by atoms with Crippen molar-refractivity contribution < 1.29 is 0 Å². The van der Waals surface area contributed by atoms with Crippen molar-refractivity contribution in [3.63, 3.8) is 0 Å². The molecule has 0 aromatic carbocycles. The highest BCUT2D eigenvalue weighted by molar-refractivity contribution is 4.85. The van der Waals surface area contributed by atoms with Gasteiger partial charge in [-0.15, -0.1) is 0 Å². The van der Waals surface area contributed by atoms with Crippen LogP contribution in [0.25, 0.3) is 0 Å². The third kappa shape index (κ3) is 5.88. The first-order valence-corrected chi connectivity index (χ1v) is 9.24. The van der Waals surface area contributed by atoms with Gasteiger partial charge < -0.3 is 10.2 Å². The Labute approximate surface area is 132 Å². The van der Waals surface area contributed by atoms with E-state index in [1.54, 1.807) is 0 Å². The number of rotatable bonds is 7. The third-order valence-electron chi connectivity index (χ3n) is 4.91. The molecule has 3 nitrogen and oxygen atoms in total. The summed E-state index contributed by atoms with van der Waals surface area (Å²) < 4.78 is 0. The third-order valence-corrected chi connectivity index (χ3v) is 4.91. The molecule has 1 N–H and O–H groups in total. The molecule has 2 aliphatic rings. The molecular weight excluding hydrogens is 258 g/mol. The van der Waals surface area contributed by atoms with Gasteiger partial charge in [0.2, 0.25) is 0 Å². The summed E-state index contributed by atoms with van der Waals surface area (Å²) in [5.41, 5.74) is 0. The Morgan fingerprint density at radius 1 is 1.05 bits per heavy atom. The summed E-state index contributed by atoms with van der Waals surface area (Å²) in [5, 5.41) is 3.68. The van der Waals surface area contributed by atoms with Crippen LogP contribution in [-0.4, -0.2) is 61.2 Å². The summed E-state index contributed by atoms with van der Waals surface area (Å²) in [7, 11) is 0. The number of likely N-dealkylation sites (tertiary alicyclic amines) is 1. The summed E-state index contributed by atoms with van der Waals surface area (Å²) in [6.45, 7) is 17.1. The second kappa shape index (κ2) is 8.50. The van der Waals surface area contributed by atoms with E-state index < -0.39 is 0 Å². The zero-order chi connectivity index (χ0) is 15.2. The average molecular weight is 296 g/mol. The molecule has 2 rings (SSSR count). The minimum atomic E-state index is 0.748. The fourth-order valence-electron chi connectivity index (χ4n) is 4.02. The lowest BCUT2D eigenvalue weighted by Crippen LogP contribution is -2.50. The van der Waals surface area contributed by atoms with Crippen LogP contribution >= 0.6 is 0 Å². The van der Waals surface area contributed by atoms with Crippen LogP contribution in [0, 0.1) is 11.8 Å². The number of hydrogen-bond donors (Lipinski definition) is 1. The Hall–Kier alpha value is -0.120. The maximum atomic E-state index is 3.68. The molecule has 21 heavy (non-hydrogen) atoms. The maximum Gasteiger partial charge on any atom is 0.0195 e. The lowest BCUT2D eigenvalue weighted by molar-refractivity contribution is 0.0867. The van der Waals surface area contributed by atoms with Crippen molar-refractivity contribution in [1.82, 2.24) is 15.1 Å². The molecule has 2 heterocycles. The van der Waals surface area contributed by atoms with E-state index in [0.717, 1.165) is 23.9 Å². The lowest BCUT2D eigenvalue weighted by atomic mass is 9.99. The summed E-state index contributed by atoms with van der Waals surface area (Å²) in [5.74, 6) is 1.58. The van der Waals surface area contributed by atoms with E-state index in [4.69, 9.17) is 0 Å². The van der Waals surface area contributed by atoms with Gasteiger partial charge in [-0.25, -0.2) is 0 Å². The number of piperidine rings is 1. The highest BCUT2D eigenvalue weighted by Gasteiger charge is 2.27. The van der Waals surface area contributed by atoms with Gasteiger partial charge in [-0.2, -0.15) is 0 Å². The van der Waals surface area contributed by atoms with Gasteiger partial charge in [0.05, 0.1) is 0 Å². The van der Waals surface area contributed by atoms with Gasteiger partial charge >= 0.3 is 0 Å². The minimum Gasteiger partial charge on any atom is -0.313 e. The number of hydrogen-bond acceptors (Lipinski definition) is 3. The van der Waals surface area contributed by atoms with Crippen LogP contribution in [0.4, 0.5) is 0 Å². The zero-order valence-electron chi connectivity index (χ0n) is 14.8. The van der Waals surface area contributed by atoms with Crippen molar-refractivity contribution in [2.24, 2.45) is 11.8 Å². The summed E-state index contributed by atoms with van der Waals surface area (Å²) in [4.78, 5) is 5.48. The number of nitrogens with zero attached hydrogens (tertiary/aromatic N) is 2. The average Bonchev–Trinajstić information content (AvgIpc) is 2.90. The van der Waals surface area contributed by atoms with Gasteiger partial charge in [0.25, 0.3) is 0 Å². The molecule has 0 aromatic heterocycles. The molecule has 1 unspecified atom stereocenters. The first kappa shape index (κ1) is 17.2. The van der Waals surface area contributed by atoms with E-state index in [0.29, 0.717) is 0 Å². The topological polar surface area (TPSA) is 18.5 Å². The number of nitrogens with one attached hydrogen (secondary N) is 1. The Balaban J connectivity index is 1.82. The molecule has 2 aliphatic heterocycles. The molecule has 0 spiro atoms. The Morgan fingerprint density at radius 2 is 1.76 bits per heavy atom. The van der Waals surface area contributed by atoms with Crippen LogP contribution in [0.2, 0.25) is 0 Å². The highest BCUT2D eigenvalue weighted by Crippen LogP contribution is 2.20. The summed E-state index contributed by atoms with van der Waals surface area (Å²) in [6.07, 6.45) is 5.48. The highest BCUT2D eigenvalue weighted by atomic mass is 15.2. The van der Waals surface area contributed by atoms with Crippen LogP contribution < -0.4 is 5.32 Å². The Kier molecular flexibility index (Phi) is 6.97. The zero-order valence-corrected chi connectivity index (χ0v) is 14.8. The van der Waals surface area contributed by atoms with E-state index >= 15 is 0 Å². The SMILES string of the molecule is CC(C)CN1CCC(N(CC(C)C)CC2CCCN2)CC1. The minimum absolute atomic E-state index is 0.748. The molecule has 1 atom stereocenters. The standard InChI is InChI=1S/C18H37N3/c1-15(2)12-20-10-7-18(8-11-20)21(13-16(3)4)14-17-6-5-9-19-17/h15-19H,5-14H2,1-4H3. The van der Waals surface area contributed by atoms with Gasteiger partial charge in [0.1, 0.15) is 0 Å². The summed E-state index contributed by atoms with van der Waals surface area (Å²) >= 11 is 0. The molecule has 2 saturated heterocycles. The lowest BCUT2D eigenvalue weighted by Gasteiger charge is -2.40. The molecule has 2 fully saturated rings. The molecule has 3 heteroatoms. The van der Waals surface area contributed by atoms with Crippen molar-refractivity contribution in [2.75, 3.05) is 39.3 Å². The second-order valence-corrected chi connectivity index (χ2v) is 8.07. The Bertz CT molecular complexity index is 276. The van der Waals surface area contributed by atoms with Crippen LogP contribution in [0.1, 0.15) is 53.4 Å². The molecule has 124 valence electrons. The molecule has 0 amide bonds. The van der Waals surface area contributed by atoms with Crippen LogP contribution in [0.15, 0.2) is 0 Å². The quantitative estimate of drug-likeness (QED) is 0.779. The monoisotopic (exact) mass is 295 g/mol. The molecule has 0 saturated carbocycles. The van der Waals surface area contributed by atoms with E-state index in [1.165, 1.54) is 65.0 Å². The Morgan fingerprint density at radius 3 is 2.29 bits per heavy atom. The maximum absolute atomic E-state index is 3.68. The molecule has 0 radical (unpaired) electrons. The van der Waals surface area contributed by atoms with Crippen molar-refractivity contribution in [3.05, 3.63) is 0 Å². The van der Waals surface area contributed by atoms with Crippen LogP contribution in [-0.2, 0) is 0 Å². The van der Waals surface area contributed by atoms with Gasteiger partial charge in [0.15, 0.2) is 0 Å². The molecular formula is C18H37N3. The van der Waals surface area contributed by atoms with Crippen LogP contribution in [0.5, 0.6) is 0 Å². The van der Waals surface area contributed by atoms with Crippen molar-refractivity contribution in [1.29, 1.82) is 0 Å². The first-order chi connectivity index (χ1) is 10.0. The first-order valence-electron chi connectivity index (χ1n) is 9.24. The fourth-order valence-corrected chi connectivity index (χ4v) is 4.02. The normalized spacial score (nSPS) is 25.6. The fraction of sp³-hybridized carbons (Fsp3) is 1.00. The van der Waals surface area contributed by atoms with Crippen molar-refractivity contribution in [3.8, 4) is 0 Å². The van der Waals surface area contributed by atoms with Gasteiger partial charge in [-0.05, 0) is 57.2 Å². The molecule has 0 bridgehead atoms. The largest absolute Gasteiger partial charge is 0.313 e. The predicted molar refractivity (Wildman–Crippen MR) is 91.7 cm³/mol. The second-order valence-electron chi connectivity index (χ2n) is 8.07. The van der Waals surface area contributed by atoms with Gasteiger partial charge in [0, 0.05) is 31.7 Å². The van der Waals surface area contributed by atoms with E-state index in [-0.39, 0.29) is 0 Å². The van der Waals surface area contributed by atoms with Crippen LogP contribution in [0.3, 0.4) is 0 Å². The van der Waals surface area contributed by atoms with Gasteiger partial charge in [-0.3, -0.25) is 4.90 Å². The van der Waals surface area contributed by atoms with E-state index in [9.17, 15) is 0 Å². The smallest absolute Gasteiger partial charge is 0.0195 e. The predicted octanol–water partition coefficient (Wildman–Crippen LogP) is 2.82. The van der Waals surface area contributed by atoms with E-state index in [1.807, 2.05) is 0 Å². The molecule has 0 aliphatic carbocycles. The summed E-state index contributed by atoms with van der Waals surface area (Å²) in [6, 6.07) is 1.57. The van der Waals surface area contributed by atoms with Crippen molar-refractivity contribution >= 4 is 0 Å². The molecule has 0 aromatic rings. The van der Waals surface area contributed by atoms with Gasteiger partial charge in [-0.1, -0.05) is 27.7 Å². The van der Waals surface area contributed by atoms with E-state index in [2.05, 4.69) is 42.8 Å².